The Morgan fingerprint density at radius 1 is 1.40 bits per heavy atom. The van der Waals surface area contributed by atoms with Crippen molar-refractivity contribution in [2.75, 3.05) is 13.2 Å². The maximum atomic E-state index is 13.3. The van der Waals surface area contributed by atoms with Crippen molar-refractivity contribution in [2.45, 2.75) is 32.2 Å². The minimum absolute atomic E-state index is 0.0477. The predicted molar refractivity (Wildman–Crippen MR) is 70.8 cm³/mol. The summed E-state index contributed by atoms with van der Waals surface area (Å²) in [6, 6.07) is 3.47. The van der Waals surface area contributed by atoms with E-state index in [1.54, 1.807) is 6.92 Å². The van der Waals surface area contributed by atoms with E-state index in [2.05, 4.69) is 5.32 Å². The molecule has 0 heterocycles. The van der Waals surface area contributed by atoms with Crippen molar-refractivity contribution >= 4 is 5.97 Å². The molecule has 1 atom stereocenters. The van der Waals surface area contributed by atoms with Gasteiger partial charge in [0, 0.05) is 0 Å². The van der Waals surface area contributed by atoms with Gasteiger partial charge in [-0.25, -0.2) is 8.78 Å². The number of halogens is 2. The maximum absolute atomic E-state index is 13.3. The minimum Gasteiger partial charge on any atom is -0.488 e. The molecule has 0 aliphatic heterocycles. The Hall–Kier alpha value is -1.69. The van der Waals surface area contributed by atoms with Gasteiger partial charge in [-0.3, -0.25) is 4.79 Å². The second kappa shape index (κ2) is 7.19. The third-order valence-electron chi connectivity index (χ3n) is 3.03. The molecule has 1 unspecified atom stereocenters. The molecule has 0 aromatic heterocycles. The number of hydrogen-bond donors (Lipinski definition) is 2. The van der Waals surface area contributed by atoms with Gasteiger partial charge < -0.3 is 15.2 Å². The number of benzene rings is 1. The molecule has 2 N–H and O–H groups in total. The zero-order valence-electron chi connectivity index (χ0n) is 11.6. The van der Waals surface area contributed by atoms with E-state index in [9.17, 15) is 13.6 Å². The van der Waals surface area contributed by atoms with E-state index in [0.717, 1.165) is 12.1 Å². The van der Waals surface area contributed by atoms with Crippen molar-refractivity contribution in [2.24, 2.45) is 0 Å². The number of likely N-dealkylation sites (N-methyl/N-ethyl adjacent to an activating group) is 1. The lowest BCUT2D eigenvalue weighted by Gasteiger charge is -2.25. The van der Waals surface area contributed by atoms with E-state index in [1.165, 1.54) is 6.07 Å². The average Bonchev–Trinajstić information content (AvgIpc) is 2.37. The van der Waals surface area contributed by atoms with Crippen molar-refractivity contribution in [3.05, 3.63) is 29.8 Å². The first-order valence-corrected chi connectivity index (χ1v) is 6.46. The van der Waals surface area contributed by atoms with Crippen LogP contribution in [0.4, 0.5) is 8.78 Å². The lowest BCUT2D eigenvalue weighted by Crippen LogP contribution is -2.49. The van der Waals surface area contributed by atoms with Gasteiger partial charge in [0.15, 0.2) is 17.4 Å². The van der Waals surface area contributed by atoms with Gasteiger partial charge in [-0.1, -0.05) is 13.0 Å². The van der Waals surface area contributed by atoms with Crippen molar-refractivity contribution < 1.29 is 23.4 Å². The molecule has 0 radical (unpaired) electrons. The van der Waals surface area contributed by atoms with E-state index in [1.807, 2.05) is 6.92 Å². The van der Waals surface area contributed by atoms with Gasteiger partial charge in [0.25, 0.3) is 0 Å². The molecule has 0 amide bonds. The summed E-state index contributed by atoms with van der Waals surface area (Å²) in [5.74, 6) is -2.92. The predicted octanol–water partition coefficient (Wildman–Crippen LogP) is 2.58. The summed E-state index contributed by atoms with van der Waals surface area (Å²) in [6.45, 7) is 3.95. The van der Waals surface area contributed by atoms with Crippen molar-refractivity contribution in [3.8, 4) is 5.75 Å². The molecule has 0 bridgehead atoms. The highest BCUT2D eigenvalue weighted by Crippen LogP contribution is 2.21. The number of carboxylic acids is 1. The molecule has 1 rings (SSSR count). The van der Waals surface area contributed by atoms with E-state index < -0.39 is 28.9 Å². The van der Waals surface area contributed by atoms with Gasteiger partial charge in [0.05, 0.1) is 6.61 Å². The van der Waals surface area contributed by atoms with Crippen molar-refractivity contribution in [3.63, 3.8) is 0 Å². The van der Waals surface area contributed by atoms with Crippen LogP contribution in [0.1, 0.15) is 26.7 Å². The fraction of sp³-hybridized carbons (Fsp3) is 0.500. The Bertz CT molecular complexity index is 447. The third kappa shape index (κ3) is 4.16. The lowest BCUT2D eigenvalue weighted by atomic mass is 9.96. The number of rotatable bonds is 8. The lowest BCUT2D eigenvalue weighted by molar-refractivity contribution is -0.144. The van der Waals surface area contributed by atoms with Gasteiger partial charge in [0.1, 0.15) is 5.54 Å². The van der Waals surface area contributed by atoms with Gasteiger partial charge >= 0.3 is 5.97 Å². The van der Waals surface area contributed by atoms with E-state index in [4.69, 9.17) is 9.84 Å². The van der Waals surface area contributed by atoms with Gasteiger partial charge in [0.2, 0.25) is 0 Å². The first kappa shape index (κ1) is 16.4. The SMILES string of the molecule is CCNC(C)(CCCOc1c(F)cccc1F)C(=O)O. The zero-order valence-corrected chi connectivity index (χ0v) is 11.6. The van der Waals surface area contributed by atoms with Crippen LogP contribution in [0.3, 0.4) is 0 Å². The Kier molecular flexibility index (Phi) is 5.88. The number of carbonyl (C=O) groups is 1. The van der Waals surface area contributed by atoms with Crippen LogP contribution in [0.2, 0.25) is 0 Å². The van der Waals surface area contributed by atoms with Crippen LogP contribution in [-0.4, -0.2) is 29.8 Å². The monoisotopic (exact) mass is 287 g/mol. The molecule has 0 saturated heterocycles. The third-order valence-corrected chi connectivity index (χ3v) is 3.03. The molecule has 1 aromatic carbocycles. The molecule has 0 spiro atoms. The Balaban J connectivity index is 2.51. The van der Waals surface area contributed by atoms with Crippen molar-refractivity contribution in [1.29, 1.82) is 0 Å². The quantitative estimate of drug-likeness (QED) is 0.722. The Morgan fingerprint density at radius 2 is 2.00 bits per heavy atom. The van der Waals surface area contributed by atoms with Crippen LogP contribution < -0.4 is 10.1 Å². The second-order valence-corrected chi connectivity index (χ2v) is 4.67. The second-order valence-electron chi connectivity index (χ2n) is 4.67. The van der Waals surface area contributed by atoms with Crippen LogP contribution >= 0.6 is 0 Å². The molecule has 20 heavy (non-hydrogen) atoms. The summed E-state index contributed by atoms with van der Waals surface area (Å²) in [5.41, 5.74) is -1.06. The first-order valence-electron chi connectivity index (χ1n) is 6.46. The van der Waals surface area contributed by atoms with E-state index in [0.29, 0.717) is 19.4 Å². The summed E-state index contributed by atoms with van der Waals surface area (Å²) < 4.78 is 31.6. The maximum Gasteiger partial charge on any atom is 0.323 e. The van der Waals surface area contributed by atoms with Crippen LogP contribution in [0.25, 0.3) is 0 Å². The summed E-state index contributed by atoms with van der Waals surface area (Å²) in [7, 11) is 0. The highest BCUT2D eigenvalue weighted by atomic mass is 19.1. The zero-order chi connectivity index (χ0) is 15.2. The molecule has 0 aliphatic carbocycles. The number of carboxylic acid groups (broad SMARTS) is 1. The average molecular weight is 287 g/mol. The highest BCUT2D eigenvalue weighted by molar-refractivity contribution is 5.78. The van der Waals surface area contributed by atoms with Gasteiger partial charge in [-0.15, -0.1) is 0 Å². The summed E-state index contributed by atoms with van der Waals surface area (Å²) in [5, 5.41) is 12.0. The molecule has 6 heteroatoms. The number of ether oxygens (including phenoxy) is 1. The molecule has 0 saturated carbocycles. The molecule has 1 aromatic rings. The molecule has 0 fully saturated rings. The fourth-order valence-electron chi connectivity index (χ4n) is 1.88. The van der Waals surface area contributed by atoms with Crippen LogP contribution in [0.5, 0.6) is 5.75 Å². The number of aliphatic carboxylic acids is 1. The minimum atomic E-state index is -1.06. The van der Waals surface area contributed by atoms with Crippen LogP contribution in [0.15, 0.2) is 18.2 Å². The van der Waals surface area contributed by atoms with Gasteiger partial charge in [-0.2, -0.15) is 0 Å². The topological polar surface area (TPSA) is 58.6 Å². The van der Waals surface area contributed by atoms with E-state index in [-0.39, 0.29) is 6.61 Å². The molecule has 112 valence electrons. The standard InChI is InChI=1S/C14H19F2NO3/c1-3-17-14(2,13(18)19)8-5-9-20-12-10(15)6-4-7-11(12)16/h4,6-7,17H,3,5,8-9H2,1-2H3,(H,18,19). The number of nitrogens with one attached hydrogen (secondary N) is 1. The number of hydrogen-bond acceptors (Lipinski definition) is 3. The molecular weight excluding hydrogens is 268 g/mol. The van der Waals surface area contributed by atoms with Crippen molar-refractivity contribution in [1.82, 2.24) is 5.32 Å². The van der Waals surface area contributed by atoms with Crippen LogP contribution in [-0.2, 0) is 4.79 Å². The Labute approximate surface area is 116 Å². The summed E-state index contributed by atoms with van der Waals surface area (Å²) in [4.78, 5) is 11.2. The first-order chi connectivity index (χ1) is 9.40. The molecule has 0 aliphatic rings. The highest BCUT2D eigenvalue weighted by Gasteiger charge is 2.31. The number of para-hydroxylation sites is 1. The Morgan fingerprint density at radius 3 is 2.50 bits per heavy atom. The summed E-state index contributed by atoms with van der Waals surface area (Å²) in [6.07, 6.45) is 0.663. The largest absolute Gasteiger partial charge is 0.488 e. The van der Waals surface area contributed by atoms with Crippen LogP contribution in [0, 0.1) is 11.6 Å². The normalized spacial score (nSPS) is 13.8. The van der Waals surface area contributed by atoms with Gasteiger partial charge in [-0.05, 0) is 38.4 Å². The van der Waals surface area contributed by atoms with E-state index >= 15 is 0 Å². The molecule has 4 nitrogen and oxygen atoms in total. The fourth-order valence-corrected chi connectivity index (χ4v) is 1.88. The summed E-state index contributed by atoms with van der Waals surface area (Å²) >= 11 is 0. The smallest absolute Gasteiger partial charge is 0.323 e. The molecular formula is C14H19F2NO3.